The zero-order valence-electron chi connectivity index (χ0n) is 9.32. The van der Waals surface area contributed by atoms with Crippen LogP contribution in [0.1, 0.15) is 5.56 Å². The van der Waals surface area contributed by atoms with Crippen LogP contribution in [0.5, 0.6) is 0 Å². The van der Waals surface area contributed by atoms with E-state index >= 15 is 0 Å². The normalized spacial score (nSPS) is 17.0. The Morgan fingerprint density at radius 2 is 2.12 bits per heavy atom. The first kappa shape index (κ1) is 12.7. The molecule has 1 N–H and O–H groups in total. The maximum atomic E-state index is 10.8. The molecule has 1 fully saturated rings. The van der Waals surface area contributed by atoms with Crippen LogP contribution in [0.15, 0.2) is 18.2 Å². The highest BCUT2D eigenvalue weighted by atomic mass is 35.5. The van der Waals surface area contributed by atoms with Crippen molar-refractivity contribution in [1.82, 2.24) is 0 Å². The van der Waals surface area contributed by atoms with Gasteiger partial charge in [0, 0.05) is 23.1 Å². The van der Waals surface area contributed by atoms with E-state index in [2.05, 4.69) is 0 Å². The van der Waals surface area contributed by atoms with Gasteiger partial charge in [0.15, 0.2) is 0 Å². The van der Waals surface area contributed by atoms with Crippen LogP contribution in [0.2, 0.25) is 5.02 Å². The van der Waals surface area contributed by atoms with E-state index in [4.69, 9.17) is 11.6 Å². The lowest BCUT2D eigenvalue weighted by Crippen LogP contribution is -3.12. The first-order valence-corrected chi connectivity index (χ1v) is 7.04. The van der Waals surface area contributed by atoms with Crippen LogP contribution in [-0.4, -0.2) is 29.5 Å². The molecule has 92 valence electrons. The molecule has 0 spiro atoms. The van der Waals surface area contributed by atoms with Gasteiger partial charge in [-0.05, 0) is 6.07 Å². The smallest absolute Gasteiger partial charge is 0.288 e. The van der Waals surface area contributed by atoms with Crippen LogP contribution in [0, 0.1) is 10.1 Å². The van der Waals surface area contributed by atoms with Gasteiger partial charge in [0.2, 0.25) is 0 Å². The van der Waals surface area contributed by atoms with Gasteiger partial charge in [-0.15, -0.1) is 0 Å². The van der Waals surface area contributed by atoms with E-state index in [9.17, 15) is 10.1 Å². The van der Waals surface area contributed by atoms with E-state index in [0.29, 0.717) is 0 Å². The van der Waals surface area contributed by atoms with E-state index in [1.54, 1.807) is 12.1 Å². The number of hydrogen-bond acceptors (Lipinski definition) is 3. The maximum Gasteiger partial charge on any atom is 0.288 e. The molecule has 0 unspecified atom stereocenters. The Morgan fingerprint density at radius 1 is 1.41 bits per heavy atom. The van der Waals surface area contributed by atoms with Gasteiger partial charge in [-0.2, -0.15) is 11.8 Å². The molecule has 1 saturated heterocycles. The number of benzene rings is 1. The third kappa shape index (κ3) is 3.34. The third-order valence-electron chi connectivity index (χ3n) is 2.86. The molecular weight excluding hydrogens is 260 g/mol. The summed E-state index contributed by atoms with van der Waals surface area (Å²) < 4.78 is 0. The number of nitrogens with zero attached hydrogens (tertiary/aromatic N) is 1. The molecule has 1 aliphatic rings. The Balaban J connectivity index is 2.10. The predicted molar refractivity (Wildman–Crippen MR) is 69.8 cm³/mol. The third-order valence-corrected chi connectivity index (χ3v) is 4.17. The zero-order chi connectivity index (χ0) is 12.3. The van der Waals surface area contributed by atoms with Gasteiger partial charge >= 0.3 is 0 Å². The van der Waals surface area contributed by atoms with E-state index in [1.165, 1.54) is 16.4 Å². The summed E-state index contributed by atoms with van der Waals surface area (Å²) in [5.41, 5.74) is 0.998. The summed E-state index contributed by atoms with van der Waals surface area (Å²) in [5, 5.41) is 11.0. The number of nitro groups is 1. The van der Waals surface area contributed by atoms with Gasteiger partial charge in [-0.25, -0.2) is 0 Å². The molecule has 4 nitrogen and oxygen atoms in total. The van der Waals surface area contributed by atoms with Crippen LogP contribution in [0.4, 0.5) is 5.69 Å². The molecule has 17 heavy (non-hydrogen) atoms. The largest absolute Gasteiger partial charge is 0.330 e. The van der Waals surface area contributed by atoms with E-state index in [-0.39, 0.29) is 10.7 Å². The lowest BCUT2D eigenvalue weighted by Gasteiger charge is -2.23. The van der Waals surface area contributed by atoms with Crippen molar-refractivity contribution in [3.05, 3.63) is 38.9 Å². The van der Waals surface area contributed by atoms with E-state index in [0.717, 1.165) is 25.2 Å². The van der Waals surface area contributed by atoms with Gasteiger partial charge in [0.1, 0.15) is 11.6 Å². The van der Waals surface area contributed by atoms with Gasteiger partial charge in [0.25, 0.3) is 5.69 Å². The van der Waals surface area contributed by atoms with Gasteiger partial charge in [-0.3, -0.25) is 10.1 Å². The SMILES string of the molecule is O=[N+]([O-])c1cc(C[NH+]2CCSCC2)ccc1Cl. The minimum Gasteiger partial charge on any atom is -0.330 e. The summed E-state index contributed by atoms with van der Waals surface area (Å²) >= 11 is 7.75. The summed E-state index contributed by atoms with van der Waals surface area (Å²) in [5.74, 6) is 2.34. The molecule has 0 saturated carbocycles. The highest BCUT2D eigenvalue weighted by molar-refractivity contribution is 7.99. The first-order valence-electron chi connectivity index (χ1n) is 5.51. The lowest BCUT2D eigenvalue weighted by atomic mass is 10.2. The zero-order valence-corrected chi connectivity index (χ0v) is 10.9. The number of thioether (sulfide) groups is 1. The van der Waals surface area contributed by atoms with Crippen LogP contribution in [-0.2, 0) is 6.54 Å². The number of nitro benzene ring substituents is 1. The van der Waals surface area contributed by atoms with Crippen molar-refractivity contribution < 1.29 is 9.82 Å². The lowest BCUT2D eigenvalue weighted by molar-refractivity contribution is -0.910. The predicted octanol–water partition coefficient (Wildman–Crippen LogP) is 1.38. The molecule has 6 heteroatoms. The van der Waals surface area contributed by atoms with Gasteiger partial charge in [0.05, 0.1) is 18.0 Å². The quantitative estimate of drug-likeness (QED) is 0.669. The molecule has 1 aliphatic heterocycles. The summed E-state index contributed by atoms with van der Waals surface area (Å²) in [7, 11) is 0. The molecule has 0 aromatic heterocycles. The molecule has 0 bridgehead atoms. The Hall–Kier alpha value is -0.780. The summed E-state index contributed by atoms with van der Waals surface area (Å²) in [4.78, 5) is 11.8. The standard InChI is InChI=1S/C11H13ClN2O2S/c12-10-2-1-9(7-11(10)14(15)16)8-13-3-5-17-6-4-13/h1-2,7H,3-6,8H2/p+1. The highest BCUT2D eigenvalue weighted by Gasteiger charge is 2.17. The summed E-state index contributed by atoms with van der Waals surface area (Å²) in [6, 6.07) is 5.09. The second-order valence-electron chi connectivity index (χ2n) is 4.08. The maximum absolute atomic E-state index is 10.8. The summed E-state index contributed by atoms with van der Waals surface area (Å²) in [6.45, 7) is 3.10. The van der Waals surface area contributed by atoms with E-state index < -0.39 is 4.92 Å². The van der Waals surface area contributed by atoms with Crippen LogP contribution >= 0.6 is 23.4 Å². The van der Waals surface area contributed by atoms with Crippen LogP contribution in [0.25, 0.3) is 0 Å². The topological polar surface area (TPSA) is 47.6 Å². The van der Waals surface area contributed by atoms with Crippen LogP contribution < -0.4 is 4.90 Å². The highest BCUT2D eigenvalue weighted by Crippen LogP contribution is 2.24. The minimum atomic E-state index is -0.423. The second-order valence-corrected chi connectivity index (χ2v) is 5.71. The fourth-order valence-corrected chi connectivity index (χ4v) is 3.19. The van der Waals surface area contributed by atoms with Crippen molar-refractivity contribution in [2.75, 3.05) is 24.6 Å². The van der Waals surface area contributed by atoms with Crippen molar-refractivity contribution >= 4 is 29.1 Å². The fraction of sp³-hybridized carbons (Fsp3) is 0.455. The van der Waals surface area contributed by atoms with Crippen molar-refractivity contribution in [3.8, 4) is 0 Å². The van der Waals surface area contributed by atoms with Crippen molar-refractivity contribution in [3.63, 3.8) is 0 Å². The average molecular weight is 274 g/mol. The van der Waals surface area contributed by atoms with Crippen molar-refractivity contribution in [2.45, 2.75) is 6.54 Å². The Bertz CT molecular complexity index is 422. The monoisotopic (exact) mass is 273 g/mol. The Labute approximate surface area is 109 Å². The van der Waals surface area contributed by atoms with E-state index in [1.807, 2.05) is 17.8 Å². The van der Waals surface area contributed by atoms with Gasteiger partial charge in [-0.1, -0.05) is 17.7 Å². The molecule has 0 aliphatic carbocycles. The van der Waals surface area contributed by atoms with Crippen LogP contribution in [0.3, 0.4) is 0 Å². The Kier molecular flexibility index (Phi) is 4.25. The average Bonchev–Trinajstić information content (AvgIpc) is 2.32. The second kappa shape index (κ2) is 5.71. The molecule has 0 atom stereocenters. The number of nitrogens with one attached hydrogen (secondary N) is 1. The van der Waals surface area contributed by atoms with Gasteiger partial charge < -0.3 is 4.90 Å². The number of hydrogen-bond donors (Lipinski definition) is 1. The number of rotatable bonds is 3. The molecule has 2 rings (SSSR count). The molecule has 1 aromatic carbocycles. The Morgan fingerprint density at radius 3 is 2.76 bits per heavy atom. The molecule has 0 radical (unpaired) electrons. The van der Waals surface area contributed by atoms with Crippen molar-refractivity contribution in [1.29, 1.82) is 0 Å². The molecule has 1 aromatic rings. The number of halogens is 1. The molecule has 0 amide bonds. The van der Waals surface area contributed by atoms with Crippen molar-refractivity contribution in [2.24, 2.45) is 0 Å². The molecular formula is C11H14ClN2O2S+. The minimum absolute atomic E-state index is 0.00921. The first-order chi connectivity index (χ1) is 8.16. The fourth-order valence-electron chi connectivity index (χ4n) is 1.93. The summed E-state index contributed by atoms with van der Waals surface area (Å²) in [6.07, 6.45) is 0. The molecule has 1 heterocycles. The number of quaternary nitrogens is 1.